The molecule has 4 aromatic rings. The van der Waals surface area contributed by atoms with E-state index in [0.29, 0.717) is 61.4 Å². The van der Waals surface area contributed by atoms with Crippen LogP contribution in [-0.2, 0) is 31.7 Å². The molecule has 0 aliphatic carbocycles. The summed E-state index contributed by atoms with van der Waals surface area (Å²) in [5, 5.41) is 6.37. The van der Waals surface area contributed by atoms with Crippen molar-refractivity contribution in [2.45, 2.75) is 51.0 Å². The van der Waals surface area contributed by atoms with Crippen LogP contribution in [0.2, 0.25) is 5.02 Å². The first-order valence-electron chi connectivity index (χ1n) is 19.7. The van der Waals surface area contributed by atoms with Gasteiger partial charge in [0.05, 0.1) is 47.0 Å². The van der Waals surface area contributed by atoms with Gasteiger partial charge in [0, 0.05) is 88.4 Å². The average molecular weight is 807 g/mol. The summed E-state index contributed by atoms with van der Waals surface area (Å²) in [6.07, 6.45) is 8.58. The van der Waals surface area contributed by atoms with Gasteiger partial charge in [-0.15, -0.1) is 0 Å². The first-order valence-corrected chi connectivity index (χ1v) is 20.1. The van der Waals surface area contributed by atoms with Crippen LogP contribution in [0.1, 0.15) is 67.1 Å². The summed E-state index contributed by atoms with van der Waals surface area (Å²) in [7, 11) is 3.66. The Bertz CT molecular complexity index is 2340. The largest absolute Gasteiger partial charge is 0.378 e. The molecule has 14 nitrogen and oxygen atoms in total. The second kappa shape index (κ2) is 16.1. The van der Waals surface area contributed by atoms with E-state index < -0.39 is 11.6 Å². The van der Waals surface area contributed by atoms with E-state index in [1.54, 1.807) is 31.5 Å². The highest BCUT2D eigenvalue weighted by molar-refractivity contribution is 6.34. The molecule has 1 atom stereocenters. The molecule has 5 amide bonds. The SMILES string of the molecule is CO[C@]1(c2cc(C#CCN3CCC4(CC3)CCN(C(=O)c3ccc(Cl)c(N5CCC(=O)NC5=O)c3)CC4)cc(-c3cn(C)c4cnc(NC(C)=O)cc34)n2)CCOC1. The second-order valence-corrected chi connectivity index (χ2v) is 16.2. The Morgan fingerprint density at radius 3 is 2.52 bits per heavy atom. The van der Waals surface area contributed by atoms with Gasteiger partial charge in [-0.05, 0) is 80.6 Å². The third kappa shape index (κ3) is 7.92. The third-order valence-corrected chi connectivity index (χ3v) is 12.5. The number of carbonyl (C=O) groups excluding carboxylic acids is 4. The lowest BCUT2D eigenvalue weighted by Crippen LogP contribution is -2.50. The fourth-order valence-electron chi connectivity index (χ4n) is 8.67. The summed E-state index contributed by atoms with van der Waals surface area (Å²) in [5.41, 5.74) is 4.59. The Morgan fingerprint density at radius 2 is 1.81 bits per heavy atom. The van der Waals surface area contributed by atoms with E-state index in [1.165, 1.54) is 11.8 Å². The molecular formula is C43H47ClN8O6. The minimum Gasteiger partial charge on any atom is -0.378 e. The van der Waals surface area contributed by atoms with Crippen LogP contribution in [0.25, 0.3) is 22.2 Å². The molecule has 3 aromatic heterocycles. The van der Waals surface area contributed by atoms with E-state index in [1.807, 2.05) is 40.9 Å². The molecule has 4 fully saturated rings. The van der Waals surface area contributed by atoms with E-state index in [0.717, 1.165) is 72.2 Å². The van der Waals surface area contributed by atoms with Crippen LogP contribution in [0.15, 0.2) is 48.8 Å². The Kier molecular flexibility index (Phi) is 11.0. The van der Waals surface area contributed by atoms with Gasteiger partial charge < -0.3 is 24.3 Å². The molecule has 4 aliphatic rings. The van der Waals surface area contributed by atoms with Crippen molar-refractivity contribution in [1.82, 2.24) is 29.7 Å². The average Bonchev–Trinajstić information content (AvgIpc) is 3.84. The summed E-state index contributed by atoms with van der Waals surface area (Å²) < 4.78 is 13.9. The van der Waals surface area contributed by atoms with E-state index in [4.69, 9.17) is 26.1 Å². The number of anilines is 2. The summed E-state index contributed by atoms with van der Waals surface area (Å²) in [6, 6.07) is 10.4. The van der Waals surface area contributed by atoms with Crippen molar-refractivity contribution in [3.05, 3.63) is 70.6 Å². The Morgan fingerprint density at radius 1 is 1.03 bits per heavy atom. The summed E-state index contributed by atoms with van der Waals surface area (Å²) in [5.74, 6) is 6.76. The first kappa shape index (κ1) is 39.5. The van der Waals surface area contributed by atoms with Crippen LogP contribution in [0.3, 0.4) is 0 Å². The van der Waals surface area contributed by atoms with Gasteiger partial charge in [0.1, 0.15) is 11.4 Å². The number of nitrogens with one attached hydrogen (secondary N) is 2. The van der Waals surface area contributed by atoms with Crippen molar-refractivity contribution in [2.24, 2.45) is 12.5 Å². The van der Waals surface area contributed by atoms with Crippen molar-refractivity contribution in [2.75, 3.05) is 69.8 Å². The smallest absolute Gasteiger partial charge is 0.328 e. The van der Waals surface area contributed by atoms with Crippen LogP contribution in [-0.4, -0.2) is 108 Å². The number of hydrogen-bond acceptors (Lipinski definition) is 9. The fourth-order valence-corrected chi connectivity index (χ4v) is 8.89. The predicted molar refractivity (Wildman–Crippen MR) is 219 cm³/mol. The van der Waals surface area contributed by atoms with Gasteiger partial charge in [0.2, 0.25) is 11.8 Å². The molecule has 0 radical (unpaired) electrons. The molecule has 15 heteroatoms. The number of ether oxygens (including phenoxy) is 2. The highest BCUT2D eigenvalue weighted by Crippen LogP contribution is 2.42. The molecule has 1 spiro atoms. The molecule has 0 saturated carbocycles. The topological polar surface area (TPSA) is 151 Å². The normalized spacial score (nSPS) is 20.9. The number of pyridine rings is 2. The van der Waals surface area contributed by atoms with E-state index in [-0.39, 0.29) is 36.1 Å². The fraction of sp³-hybridized carbons (Fsp3) is 0.442. The number of amides is 5. The van der Waals surface area contributed by atoms with Gasteiger partial charge in [0.15, 0.2) is 0 Å². The van der Waals surface area contributed by atoms with Gasteiger partial charge in [-0.2, -0.15) is 0 Å². The van der Waals surface area contributed by atoms with Gasteiger partial charge in [-0.3, -0.25) is 29.5 Å². The maximum absolute atomic E-state index is 13.6. The quantitative estimate of drug-likeness (QED) is 0.237. The minimum atomic E-state index is -0.674. The Hall–Kier alpha value is -5.33. The number of aromatic nitrogens is 3. The van der Waals surface area contributed by atoms with E-state index >= 15 is 0 Å². The van der Waals surface area contributed by atoms with Gasteiger partial charge in [-0.25, -0.2) is 14.8 Å². The lowest BCUT2D eigenvalue weighted by atomic mass is 9.71. The van der Waals surface area contributed by atoms with Crippen LogP contribution in [0.4, 0.5) is 16.3 Å². The van der Waals surface area contributed by atoms with Crippen molar-refractivity contribution >= 4 is 57.8 Å². The summed E-state index contributed by atoms with van der Waals surface area (Å²) in [6.45, 7) is 6.49. The second-order valence-electron chi connectivity index (χ2n) is 15.8. The van der Waals surface area contributed by atoms with Crippen LogP contribution < -0.4 is 15.5 Å². The minimum absolute atomic E-state index is 0.0829. The molecule has 2 N–H and O–H groups in total. The number of likely N-dealkylation sites (tertiary alicyclic amines) is 2. The van der Waals surface area contributed by atoms with E-state index in [9.17, 15) is 19.2 Å². The summed E-state index contributed by atoms with van der Waals surface area (Å²) >= 11 is 6.43. The van der Waals surface area contributed by atoms with Gasteiger partial charge in [-0.1, -0.05) is 23.4 Å². The number of hydrogen-bond donors (Lipinski definition) is 2. The van der Waals surface area contributed by atoms with E-state index in [2.05, 4.69) is 32.4 Å². The summed E-state index contributed by atoms with van der Waals surface area (Å²) in [4.78, 5) is 64.8. The molecule has 0 bridgehead atoms. The number of methoxy groups -OCH3 is 1. The monoisotopic (exact) mass is 806 g/mol. The molecule has 58 heavy (non-hydrogen) atoms. The highest BCUT2D eigenvalue weighted by Gasteiger charge is 2.40. The molecule has 302 valence electrons. The Balaban J connectivity index is 0.930. The third-order valence-electron chi connectivity index (χ3n) is 12.2. The number of nitrogens with zero attached hydrogens (tertiary/aromatic N) is 6. The maximum atomic E-state index is 13.6. The molecular weight excluding hydrogens is 760 g/mol. The number of fused-ring (bicyclic) bond motifs is 1. The van der Waals surface area contributed by atoms with Crippen LogP contribution in [0, 0.1) is 17.3 Å². The number of benzene rings is 1. The molecule has 4 aliphatic heterocycles. The zero-order valence-electron chi connectivity index (χ0n) is 33.0. The highest BCUT2D eigenvalue weighted by atomic mass is 35.5. The van der Waals surface area contributed by atoms with Crippen molar-refractivity contribution in [3.8, 4) is 23.1 Å². The van der Waals surface area contributed by atoms with Crippen molar-refractivity contribution in [1.29, 1.82) is 0 Å². The molecule has 1 aromatic carbocycles. The van der Waals surface area contributed by atoms with Crippen LogP contribution >= 0.6 is 11.6 Å². The molecule has 4 saturated heterocycles. The zero-order chi connectivity index (χ0) is 40.6. The zero-order valence-corrected chi connectivity index (χ0v) is 33.8. The lowest BCUT2D eigenvalue weighted by molar-refractivity contribution is -0.120. The van der Waals surface area contributed by atoms with Crippen LogP contribution in [0.5, 0.6) is 0 Å². The van der Waals surface area contributed by atoms with Gasteiger partial charge in [0.25, 0.3) is 5.91 Å². The lowest BCUT2D eigenvalue weighted by Gasteiger charge is -2.46. The number of rotatable bonds is 7. The maximum Gasteiger partial charge on any atom is 0.328 e. The number of carbonyl (C=O) groups is 4. The number of imide groups is 1. The Labute approximate surface area is 342 Å². The molecule has 8 rings (SSSR count). The first-order chi connectivity index (χ1) is 27.9. The number of piperidine rings is 2. The molecule has 7 heterocycles. The van der Waals surface area contributed by atoms with Gasteiger partial charge >= 0.3 is 6.03 Å². The number of urea groups is 1. The van der Waals surface area contributed by atoms with Crippen molar-refractivity contribution in [3.63, 3.8) is 0 Å². The number of aryl methyl sites for hydroxylation is 1. The number of halogens is 1. The molecule has 0 unspecified atom stereocenters. The standard InChI is InChI=1S/C43H47ClN8O6/c1-28(53)46-38-24-31-32(26-49(2)36(31)25-45-38)34-21-29(22-37(47-34)43(57-3)13-20-58-27-43)5-4-14-50-16-9-42(10-17-50)11-18-51(19-12-42)40(55)30-6-7-33(44)35(23-30)52-15-8-39(54)48-41(52)56/h6-7,21-26H,8-20,27H2,1-3H3,(H,45,46,53)(H,48,54,56)/t43-/m1/s1. The predicted octanol–water partition coefficient (Wildman–Crippen LogP) is 5.33. The van der Waals surface area contributed by atoms with Crippen molar-refractivity contribution < 1.29 is 28.7 Å².